The van der Waals surface area contributed by atoms with E-state index in [2.05, 4.69) is 31.4 Å². The Morgan fingerprint density at radius 1 is 1.18 bits per heavy atom. The molecule has 2 rings (SSSR count). The summed E-state index contributed by atoms with van der Waals surface area (Å²) < 4.78 is 5.11. The zero-order valence-corrected chi connectivity index (χ0v) is 14.2. The first-order valence-electron chi connectivity index (χ1n) is 7.15. The van der Waals surface area contributed by atoms with Crippen LogP contribution in [0.2, 0.25) is 0 Å². The molecule has 2 aromatic rings. The minimum Gasteiger partial charge on any atom is -0.497 e. The summed E-state index contributed by atoms with van der Waals surface area (Å²) in [4.78, 5) is 13.4. The summed E-state index contributed by atoms with van der Waals surface area (Å²) in [7, 11) is 1.62. The molecule has 0 aliphatic rings. The Morgan fingerprint density at radius 3 is 2.36 bits per heavy atom. The van der Waals surface area contributed by atoms with Crippen LogP contribution in [0.3, 0.4) is 0 Å². The van der Waals surface area contributed by atoms with Gasteiger partial charge in [-0.1, -0.05) is 26.8 Å². The standard InChI is InChI=1S/C17H22N2O2S/c1-17(2,3)15(14-6-5-11-22-14)19-16(20)18-12-7-9-13(21-4)10-8-12/h5-11,15H,1-4H3,(H2,18,19,20). The molecule has 0 aliphatic carbocycles. The summed E-state index contributed by atoms with van der Waals surface area (Å²) in [5.41, 5.74) is 0.666. The largest absolute Gasteiger partial charge is 0.497 e. The van der Waals surface area contributed by atoms with Gasteiger partial charge in [0, 0.05) is 10.6 Å². The lowest BCUT2D eigenvalue weighted by atomic mass is 9.86. The molecule has 0 aliphatic heterocycles. The molecule has 1 atom stereocenters. The monoisotopic (exact) mass is 318 g/mol. The van der Waals surface area contributed by atoms with Crippen LogP contribution >= 0.6 is 11.3 Å². The summed E-state index contributed by atoms with van der Waals surface area (Å²) in [6.45, 7) is 6.35. The van der Waals surface area contributed by atoms with Crippen molar-refractivity contribution in [1.29, 1.82) is 0 Å². The predicted molar refractivity (Wildman–Crippen MR) is 91.7 cm³/mol. The lowest BCUT2D eigenvalue weighted by molar-refractivity contribution is 0.230. The van der Waals surface area contributed by atoms with Gasteiger partial charge in [-0.05, 0) is 41.1 Å². The van der Waals surface area contributed by atoms with Gasteiger partial charge in [0.25, 0.3) is 0 Å². The molecule has 0 bridgehead atoms. The molecule has 0 saturated heterocycles. The zero-order chi connectivity index (χ0) is 16.2. The van der Waals surface area contributed by atoms with Crippen molar-refractivity contribution in [2.75, 3.05) is 12.4 Å². The highest BCUT2D eigenvalue weighted by molar-refractivity contribution is 7.10. The quantitative estimate of drug-likeness (QED) is 0.861. The molecule has 0 saturated carbocycles. The Bertz CT molecular complexity index is 601. The van der Waals surface area contributed by atoms with Crippen molar-refractivity contribution in [2.24, 2.45) is 5.41 Å². The van der Waals surface area contributed by atoms with E-state index in [1.165, 1.54) is 0 Å². The minimum atomic E-state index is -0.210. The lowest BCUT2D eigenvalue weighted by Crippen LogP contribution is -2.38. The third-order valence-corrected chi connectivity index (χ3v) is 4.25. The fraction of sp³-hybridized carbons (Fsp3) is 0.353. The molecular formula is C17H22N2O2S. The van der Waals surface area contributed by atoms with E-state index in [9.17, 15) is 4.79 Å². The number of urea groups is 1. The smallest absolute Gasteiger partial charge is 0.319 e. The van der Waals surface area contributed by atoms with Gasteiger partial charge in [0.05, 0.1) is 13.2 Å². The molecule has 4 nitrogen and oxygen atoms in total. The lowest BCUT2D eigenvalue weighted by Gasteiger charge is -2.30. The van der Waals surface area contributed by atoms with Gasteiger partial charge in [0.15, 0.2) is 0 Å². The fourth-order valence-corrected chi connectivity index (χ4v) is 3.16. The highest BCUT2D eigenvalue weighted by atomic mass is 32.1. The molecule has 0 spiro atoms. The van der Waals surface area contributed by atoms with Crippen LogP contribution in [-0.4, -0.2) is 13.1 Å². The summed E-state index contributed by atoms with van der Waals surface area (Å²) in [5, 5.41) is 7.95. The second-order valence-corrected chi connectivity index (χ2v) is 7.12. The summed E-state index contributed by atoms with van der Waals surface area (Å²) in [6, 6.07) is 11.1. The van der Waals surface area contributed by atoms with Crippen molar-refractivity contribution >= 4 is 23.1 Å². The number of carbonyl (C=O) groups excluding carboxylic acids is 1. The number of carbonyl (C=O) groups is 1. The third kappa shape index (κ3) is 4.24. The van der Waals surface area contributed by atoms with Gasteiger partial charge in [0.1, 0.15) is 5.75 Å². The van der Waals surface area contributed by atoms with E-state index in [0.717, 1.165) is 16.3 Å². The molecule has 1 aromatic carbocycles. The Morgan fingerprint density at radius 2 is 1.86 bits per heavy atom. The summed E-state index contributed by atoms with van der Waals surface area (Å²) in [5.74, 6) is 0.761. The van der Waals surface area contributed by atoms with Crippen molar-refractivity contribution in [1.82, 2.24) is 5.32 Å². The molecule has 22 heavy (non-hydrogen) atoms. The molecule has 2 amide bonds. The Labute approximate surface area is 135 Å². The number of anilines is 1. The van der Waals surface area contributed by atoms with Crippen LogP contribution in [-0.2, 0) is 0 Å². The normalized spacial score (nSPS) is 12.5. The van der Waals surface area contributed by atoms with E-state index in [1.807, 2.05) is 41.8 Å². The highest BCUT2D eigenvalue weighted by Crippen LogP contribution is 2.35. The number of amides is 2. The van der Waals surface area contributed by atoms with E-state index in [4.69, 9.17) is 4.74 Å². The number of hydrogen-bond donors (Lipinski definition) is 2. The first-order valence-corrected chi connectivity index (χ1v) is 8.03. The van der Waals surface area contributed by atoms with Crippen LogP contribution in [0.25, 0.3) is 0 Å². The fourth-order valence-electron chi connectivity index (χ4n) is 2.14. The first kappa shape index (κ1) is 16.4. The van der Waals surface area contributed by atoms with Crippen molar-refractivity contribution in [3.63, 3.8) is 0 Å². The van der Waals surface area contributed by atoms with Gasteiger partial charge in [-0.15, -0.1) is 11.3 Å². The molecule has 5 heteroatoms. The maximum absolute atomic E-state index is 12.3. The van der Waals surface area contributed by atoms with Crippen LogP contribution in [0.5, 0.6) is 5.75 Å². The highest BCUT2D eigenvalue weighted by Gasteiger charge is 2.28. The van der Waals surface area contributed by atoms with Crippen LogP contribution in [0.1, 0.15) is 31.7 Å². The van der Waals surface area contributed by atoms with E-state index in [0.29, 0.717) is 0 Å². The molecular weight excluding hydrogens is 296 g/mol. The van der Waals surface area contributed by atoms with E-state index >= 15 is 0 Å². The van der Waals surface area contributed by atoms with Crippen molar-refractivity contribution in [3.05, 3.63) is 46.7 Å². The number of thiophene rings is 1. The summed E-state index contributed by atoms with van der Waals surface area (Å²) >= 11 is 1.65. The van der Waals surface area contributed by atoms with Crippen LogP contribution < -0.4 is 15.4 Å². The van der Waals surface area contributed by atoms with E-state index < -0.39 is 0 Å². The molecule has 1 unspecified atom stereocenters. The average Bonchev–Trinajstić information content (AvgIpc) is 2.98. The maximum Gasteiger partial charge on any atom is 0.319 e. The van der Waals surface area contributed by atoms with Crippen molar-refractivity contribution in [3.8, 4) is 5.75 Å². The zero-order valence-electron chi connectivity index (χ0n) is 13.3. The van der Waals surface area contributed by atoms with Gasteiger partial charge in [-0.3, -0.25) is 0 Å². The van der Waals surface area contributed by atoms with Crippen LogP contribution in [0, 0.1) is 5.41 Å². The Kier molecular flexibility index (Phi) is 5.08. The molecule has 1 aromatic heterocycles. The Balaban J connectivity index is 2.05. The topological polar surface area (TPSA) is 50.4 Å². The maximum atomic E-state index is 12.3. The molecule has 118 valence electrons. The number of rotatable bonds is 4. The average molecular weight is 318 g/mol. The predicted octanol–water partition coefficient (Wildman–Crippen LogP) is 4.67. The minimum absolute atomic E-state index is 0.0363. The SMILES string of the molecule is COc1ccc(NC(=O)NC(c2cccs2)C(C)(C)C)cc1. The van der Waals surface area contributed by atoms with Gasteiger partial charge in [-0.25, -0.2) is 4.79 Å². The second kappa shape index (κ2) is 6.83. The molecule has 0 fully saturated rings. The number of hydrogen-bond acceptors (Lipinski definition) is 3. The number of ether oxygens (including phenoxy) is 1. The molecule has 0 radical (unpaired) electrons. The second-order valence-electron chi connectivity index (χ2n) is 6.14. The molecule has 2 N–H and O–H groups in total. The van der Waals surface area contributed by atoms with Gasteiger partial charge >= 0.3 is 6.03 Å². The number of benzene rings is 1. The van der Waals surface area contributed by atoms with Gasteiger partial charge in [0.2, 0.25) is 0 Å². The number of nitrogens with one attached hydrogen (secondary N) is 2. The van der Waals surface area contributed by atoms with Crippen LogP contribution in [0.15, 0.2) is 41.8 Å². The van der Waals surface area contributed by atoms with Gasteiger partial charge in [-0.2, -0.15) is 0 Å². The van der Waals surface area contributed by atoms with Crippen molar-refractivity contribution in [2.45, 2.75) is 26.8 Å². The Hall–Kier alpha value is -2.01. The van der Waals surface area contributed by atoms with Crippen molar-refractivity contribution < 1.29 is 9.53 Å². The van der Waals surface area contributed by atoms with Gasteiger partial charge < -0.3 is 15.4 Å². The van der Waals surface area contributed by atoms with E-state index in [1.54, 1.807) is 18.4 Å². The van der Waals surface area contributed by atoms with E-state index in [-0.39, 0.29) is 17.5 Å². The first-order chi connectivity index (χ1) is 10.4. The van der Waals surface area contributed by atoms with Crippen LogP contribution in [0.4, 0.5) is 10.5 Å². The third-order valence-electron chi connectivity index (χ3n) is 3.32. The molecule has 1 heterocycles. The summed E-state index contributed by atoms with van der Waals surface area (Å²) in [6.07, 6.45) is 0. The number of methoxy groups -OCH3 is 1.